The van der Waals surface area contributed by atoms with E-state index in [-0.39, 0.29) is 35.1 Å². The van der Waals surface area contributed by atoms with E-state index in [0.717, 1.165) is 0 Å². The van der Waals surface area contributed by atoms with Crippen LogP contribution in [0, 0.1) is 0 Å². The molecule has 1 N–H and O–H groups in total. The summed E-state index contributed by atoms with van der Waals surface area (Å²) < 4.78 is 26.6. The van der Waals surface area contributed by atoms with Crippen molar-refractivity contribution in [1.29, 1.82) is 0 Å². The topological polar surface area (TPSA) is 69.7 Å². The molecule has 0 aromatic heterocycles. The van der Waals surface area contributed by atoms with Gasteiger partial charge in [0.2, 0.25) is 10.0 Å². The fourth-order valence-electron chi connectivity index (χ4n) is 2.26. The maximum absolute atomic E-state index is 12.6. The number of hydrogen-bond acceptors (Lipinski definition) is 3. The van der Waals surface area contributed by atoms with E-state index in [4.69, 9.17) is 23.2 Å². The van der Waals surface area contributed by atoms with Crippen LogP contribution in [0.5, 0.6) is 0 Å². The van der Waals surface area contributed by atoms with Gasteiger partial charge in [-0.05, 0) is 32.0 Å². The van der Waals surface area contributed by atoms with Gasteiger partial charge >= 0.3 is 6.03 Å². The second kappa shape index (κ2) is 7.25. The highest BCUT2D eigenvalue weighted by atomic mass is 35.5. The zero-order chi connectivity index (χ0) is 17.2. The highest BCUT2D eigenvalue weighted by molar-refractivity contribution is 7.89. The number of rotatable bonds is 3. The molecule has 2 rings (SSSR count). The van der Waals surface area contributed by atoms with Gasteiger partial charge < -0.3 is 10.2 Å². The Labute approximate surface area is 146 Å². The number of urea groups is 1. The molecule has 1 aliphatic heterocycles. The summed E-state index contributed by atoms with van der Waals surface area (Å²) in [5.74, 6) is 0. The van der Waals surface area contributed by atoms with E-state index < -0.39 is 10.0 Å². The maximum atomic E-state index is 12.6. The first-order valence-electron chi connectivity index (χ1n) is 7.22. The largest absolute Gasteiger partial charge is 0.336 e. The van der Waals surface area contributed by atoms with Crippen molar-refractivity contribution in [2.75, 3.05) is 26.2 Å². The average Bonchev–Trinajstić information content (AvgIpc) is 2.49. The minimum absolute atomic E-state index is 0.0421. The molecule has 0 bridgehead atoms. The summed E-state index contributed by atoms with van der Waals surface area (Å²) in [5, 5.41) is 3.30. The van der Waals surface area contributed by atoms with Crippen LogP contribution in [0.2, 0.25) is 10.0 Å². The van der Waals surface area contributed by atoms with E-state index >= 15 is 0 Å². The lowest BCUT2D eigenvalue weighted by Gasteiger charge is -2.34. The molecule has 1 heterocycles. The average molecular weight is 380 g/mol. The molecule has 1 aromatic carbocycles. The van der Waals surface area contributed by atoms with Crippen LogP contribution in [0.1, 0.15) is 13.8 Å². The first kappa shape index (κ1) is 18.3. The second-order valence-electron chi connectivity index (χ2n) is 5.57. The van der Waals surface area contributed by atoms with Gasteiger partial charge in [-0.3, -0.25) is 0 Å². The number of nitrogens with one attached hydrogen (secondary N) is 1. The minimum Gasteiger partial charge on any atom is -0.336 e. The monoisotopic (exact) mass is 379 g/mol. The van der Waals surface area contributed by atoms with E-state index in [2.05, 4.69) is 5.32 Å². The molecule has 1 aromatic rings. The SMILES string of the molecule is CC(C)NC(=O)N1CCN(S(=O)(=O)c2ccc(Cl)c(Cl)c2)CC1. The second-order valence-corrected chi connectivity index (χ2v) is 8.32. The van der Waals surface area contributed by atoms with Crippen LogP contribution in [0.15, 0.2) is 23.1 Å². The number of benzene rings is 1. The van der Waals surface area contributed by atoms with Crippen molar-refractivity contribution in [3.05, 3.63) is 28.2 Å². The van der Waals surface area contributed by atoms with Crippen molar-refractivity contribution < 1.29 is 13.2 Å². The van der Waals surface area contributed by atoms with Gasteiger partial charge in [-0.1, -0.05) is 23.2 Å². The van der Waals surface area contributed by atoms with Crippen LogP contribution in [0.25, 0.3) is 0 Å². The fraction of sp³-hybridized carbons (Fsp3) is 0.500. The summed E-state index contributed by atoms with van der Waals surface area (Å²) in [6, 6.07) is 4.11. The number of halogens is 2. The van der Waals surface area contributed by atoms with Gasteiger partial charge in [-0.15, -0.1) is 0 Å². The lowest BCUT2D eigenvalue weighted by Crippen LogP contribution is -2.53. The number of sulfonamides is 1. The highest BCUT2D eigenvalue weighted by Crippen LogP contribution is 2.27. The zero-order valence-corrected chi connectivity index (χ0v) is 15.2. The van der Waals surface area contributed by atoms with Crippen molar-refractivity contribution in [1.82, 2.24) is 14.5 Å². The lowest BCUT2D eigenvalue weighted by atomic mass is 10.3. The molecule has 23 heavy (non-hydrogen) atoms. The summed E-state index contributed by atoms with van der Waals surface area (Å²) in [7, 11) is -3.64. The van der Waals surface area contributed by atoms with Gasteiger partial charge in [0.1, 0.15) is 0 Å². The van der Waals surface area contributed by atoms with Gasteiger partial charge in [-0.2, -0.15) is 4.31 Å². The number of hydrogen-bond donors (Lipinski definition) is 1. The van der Waals surface area contributed by atoms with Gasteiger partial charge in [0.15, 0.2) is 0 Å². The number of piperazine rings is 1. The van der Waals surface area contributed by atoms with Crippen LogP contribution >= 0.6 is 23.2 Å². The Bertz CT molecular complexity index is 687. The van der Waals surface area contributed by atoms with Crippen molar-refractivity contribution in [3.8, 4) is 0 Å². The molecule has 0 atom stereocenters. The third-order valence-corrected chi connectivity index (χ3v) is 6.10. The summed E-state index contributed by atoms with van der Waals surface area (Å²) in [5.41, 5.74) is 0. The van der Waals surface area contributed by atoms with Crippen molar-refractivity contribution in [2.24, 2.45) is 0 Å². The molecule has 0 aliphatic carbocycles. The maximum Gasteiger partial charge on any atom is 0.317 e. The molecule has 0 saturated carbocycles. The van der Waals surface area contributed by atoms with E-state index in [1.165, 1.54) is 22.5 Å². The number of amides is 2. The number of nitrogens with zero attached hydrogens (tertiary/aromatic N) is 2. The van der Waals surface area contributed by atoms with Crippen molar-refractivity contribution in [3.63, 3.8) is 0 Å². The van der Waals surface area contributed by atoms with Crippen molar-refractivity contribution in [2.45, 2.75) is 24.8 Å². The lowest BCUT2D eigenvalue weighted by molar-refractivity contribution is 0.170. The summed E-state index contributed by atoms with van der Waals surface area (Å²) in [6.45, 7) is 4.94. The van der Waals surface area contributed by atoms with Crippen LogP contribution in [0.3, 0.4) is 0 Å². The third kappa shape index (κ3) is 4.29. The number of carbonyl (C=O) groups is 1. The van der Waals surface area contributed by atoms with Gasteiger partial charge in [-0.25, -0.2) is 13.2 Å². The molecular weight excluding hydrogens is 361 g/mol. The van der Waals surface area contributed by atoms with Crippen LogP contribution in [-0.2, 0) is 10.0 Å². The smallest absolute Gasteiger partial charge is 0.317 e. The Kier molecular flexibility index (Phi) is 5.78. The molecule has 1 saturated heterocycles. The predicted molar refractivity (Wildman–Crippen MR) is 90.5 cm³/mol. The molecule has 0 spiro atoms. The third-order valence-electron chi connectivity index (χ3n) is 3.47. The Balaban J connectivity index is 2.06. The number of carbonyl (C=O) groups excluding carboxylic acids is 1. The van der Waals surface area contributed by atoms with Crippen LogP contribution < -0.4 is 5.32 Å². The van der Waals surface area contributed by atoms with E-state index in [1.807, 2.05) is 13.8 Å². The molecule has 0 unspecified atom stereocenters. The molecular formula is C14H19Cl2N3O3S. The van der Waals surface area contributed by atoms with E-state index in [0.29, 0.717) is 18.1 Å². The van der Waals surface area contributed by atoms with Gasteiger partial charge in [0.05, 0.1) is 14.9 Å². The molecule has 2 amide bonds. The molecule has 0 radical (unpaired) electrons. The molecule has 128 valence electrons. The Hall–Kier alpha value is -1.02. The van der Waals surface area contributed by atoms with Crippen LogP contribution in [-0.4, -0.2) is 55.9 Å². The fourth-order valence-corrected chi connectivity index (χ4v) is 4.07. The first-order chi connectivity index (χ1) is 10.7. The highest BCUT2D eigenvalue weighted by Gasteiger charge is 2.30. The standard InChI is InChI=1S/C14H19Cl2N3O3S/c1-10(2)17-14(20)18-5-7-19(8-6-18)23(21,22)11-3-4-12(15)13(16)9-11/h3-4,9-10H,5-8H2,1-2H3,(H,17,20). The molecule has 1 fully saturated rings. The van der Waals surface area contributed by atoms with E-state index in [9.17, 15) is 13.2 Å². The normalized spacial score (nSPS) is 16.7. The molecule has 6 nitrogen and oxygen atoms in total. The summed E-state index contributed by atoms with van der Waals surface area (Å²) >= 11 is 11.7. The Morgan fingerprint density at radius 1 is 1.13 bits per heavy atom. The Morgan fingerprint density at radius 2 is 1.74 bits per heavy atom. The molecule has 1 aliphatic rings. The molecule has 9 heteroatoms. The van der Waals surface area contributed by atoms with E-state index in [1.54, 1.807) is 4.90 Å². The summed E-state index contributed by atoms with van der Waals surface area (Å²) in [6.07, 6.45) is 0. The first-order valence-corrected chi connectivity index (χ1v) is 9.42. The predicted octanol–water partition coefficient (Wildman–Crippen LogP) is 2.42. The minimum atomic E-state index is -3.64. The van der Waals surface area contributed by atoms with Crippen molar-refractivity contribution >= 4 is 39.3 Å². The Morgan fingerprint density at radius 3 is 2.26 bits per heavy atom. The quantitative estimate of drug-likeness (QED) is 0.876. The van der Waals surface area contributed by atoms with Gasteiger partial charge in [0.25, 0.3) is 0 Å². The summed E-state index contributed by atoms with van der Waals surface area (Å²) in [4.78, 5) is 13.6. The van der Waals surface area contributed by atoms with Gasteiger partial charge in [0, 0.05) is 32.2 Å². The zero-order valence-electron chi connectivity index (χ0n) is 12.9. The van der Waals surface area contributed by atoms with Crippen LogP contribution in [0.4, 0.5) is 4.79 Å².